The van der Waals surface area contributed by atoms with Crippen LogP contribution in [0.2, 0.25) is 0 Å². The zero-order valence-electron chi connectivity index (χ0n) is 10.7. The predicted octanol–water partition coefficient (Wildman–Crippen LogP) is 4.17. The van der Waals surface area contributed by atoms with Crippen LogP contribution in [0, 0.1) is 12.7 Å². The van der Waals surface area contributed by atoms with Gasteiger partial charge in [-0.05, 0) is 36.8 Å². The number of aromatic carboxylic acids is 1. The zero-order valence-corrected chi connectivity index (χ0v) is 12.3. The van der Waals surface area contributed by atoms with Crippen molar-refractivity contribution in [3.8, 4) is 5.75 Å². The highest BCUT2D eigenvalue weighted by Gasteiger charge is 2.12. The molecule has 0 aliphatic carbocycles. The van der Waals surface area contributed by atoms with E-state index in [0.29, 0.717) is 11.3 Å². The van der Waals surface area contributed by atoms with Crippen LogP contribution in [-0.2, 0) is 6.61 Å². The Labute approximate surface area is 124 Å². The van der Waals surface area contributed by atoms with Gasteiger partial charge in [0, 0.05) is 10.0 Å². The second-order valence-electron chi connectivity index (χ2n) is 4.31. The highest BCUT2D eigenvalue weighted by molar-refractivity contribution is 9.10. The molecular formula is C15H12BrFO3. The summed E-state index contributed by atoms with van der Waals surface area (Å²) in [5.41, 5.74) is 1.28. The standard InChI is InChI=1S/C15H12BrFO3/c1-9-2-4-11(16)6-14(9)20-8-10-3-5-12(17)7-13(10)15(18)19/h2-7H,8H2,1H3,(H,18,19). The van der Waals surface area contributed by atoms with Gasteiger partial charge < -0.3 is 9.84 Å². The molecule has 0 saturated carbocycles. The Bertz CT molecular complexity index is 656. The summed E-state index contributed by atoms with van der Waals surface area (Å²) in [5, 5.41) is 9.06. The van der Waals surface area contributed by atoms with Crippen LogP contribution < -0.4 is 4.74 Å². The van der Waals surface area contributed by atoms with Gasteiger partial charge >= 0.3 is 5.97 Å². The number of carboxylic acids is 1. The smallest absolute Gasteiger partial charge is 0.336 e. The van der Waals surface area contributed by atoms with E-state index < -0.39 is 11.8 Å². The number of rotatable bonds is 4. The molecule has 2 aromatic carbocycles. The minimum absolute atomic E-state index is 0.0687. The molecule has 0 aliphatic heterocycles. The Kier molecular flexibility index (Phi) is 4.39. The number of ether oxygens (including phenoxy) is 1. The molecule has 1 N–H and O–H groups in total. The van der Waals surface area contributed by atoms with Crippen molar-refractivity contribution in [2.45, 2.75) is 13.5 Å². The Balaban J connectivity index is 2.23. The predicted molar refractivity (Wildman–Crippen MR) is 76.6 cm³/mol. The van der Waals surface area contributed by atoms with E-state index in [-0.39, 0.29) is 12.2 Å². The number of hydrogen-bond acceptors (Lipinski definition) is 2. The molecule has 5 heteroatoms. The molecule has 0 aromatic heterocycles. The fourth-order valence-corrected chi connectivity index (χ4v) is 2.10. The fraction of sp³-hybridized carbons (Fsp3) is 0.133. The first-order valence-electron chi connectivity index (χ1n) is 5.88. The summed E-state index contributed by atoms with van der Waals surface area (Å²) in [6.07, 6.45) is 0. The molecule has 0 atom stereocenters. The summed E-state index contributed by atoms with van der Waals surface area (Å²) in [6.45, 7) is 1.96. The summed E-state index contributed by atoms with van der Waals surface area (Å²) in [6, 6.07) is 9.23. The Morgan fingerprint density at radius 1 is 1.30 bits per heavy atom. The largest absolute Gasteiger partial charge is 0.489 e. The van der Waals surface area contributed by atoms with Gasteiger partial charge in [0.25, 0.3) is 0 Å². The number of hydrogen-bond donors (Lipinski definition) is 1. The average Bonchev–Trinajstić information content (AvgIpc) is 2.40. The maximum atomic E-state index is 13.1. The zero-order chi connectivity index (χ0) is 14.7. The maximum Gasteiger partial charge on any atom is 0.336 e. The van der Waals surface area contributed by atoms with Gasteiger partial charge in [-0.3, -0.25) is 0 Å². The lowest BCUT2D eigenvalue weighted by Crippen LogP contribution is -2.06. The molecule has 2 aromatic rings. The topological polar surface area (TPSA) is 46.5 Å². The van der Waals surface area contributed by atoms with Crippen molar-refractivity contribution >= 4 is 21.9 Å². The SMILES string of the molecule is Cc1ccc(Br)cc1OCc1ccc(F)cc1C(=O)O. The first kappa shape index (κ1) is 14.5. The van der Waals surface area contributed by atoms with Crippen LogP contribution in [0.3, 0.4) is 0 Å². The van der Waals surface area contributed by atoms with Crippen molar-refractivity contribution in [3.05, 3.63) is 63.4 Å². The van der Waals surface area contributed by atoms with Gasteiger partial charge in [0.1, 0.15) is 18.2 Å². The van der Waals surface area contributed by atoms with Crippen molar-refractivity contribution in [3.63, 3.8) is 0 Å². The Hall–Kier alpha value is -1.88. The number of benzene rings is 2. The molecule has 0 saturated heterocycles. The van der Waals surface area contributed by atoms with Crippen LogP contribution in [-0.4, -0.2) is 11.1 Å². The van der Waals surface area contributed by atoms with Crippen LogP contribution in [0.15, 0.2) is 40.9 Å². The van der Waals surface area contributed by atoms with Crippen LogP contribution in [0.4, 0.5) is 4.39 Å². The van der Waals surface area contributed by atoms with Gasteiger partial charge in [-0.15, -0.1) is 0 Å². The van der Waals surface area contributed by atoms with Crippen LogP contribution in [0.25, 0.3) is 0 Å². The van der Waals surface area contributed by atoms with Crippen LogP contribution in [0.1, 0.15) is 21.5 Å². The molecular weight excluding hydrogens is 327 g/mol. The summed E-state index contributed by atoms with van der Waals surface area (Å²) in [4.78, 5) is 11.1. The number of halogens is 2. The van der Waals surface area contributed by atoms with E-state index >= 15 is 0 Å². The fourth-order valence-electron chi connectivity index (χ4n) is 1.76. The molecule has 0 aliphatic rings. The molecule has 0 fully saturated rings. The quantitative estimate of drug-likeness (QED) is 0.909. The van der Waals surface area contributed by atoms with Gasteiger partial charge in [-0.1, -0.05) is 28.1 Å². The average molecular weight is 339 g/mol. The van der Waals surface area contributed by atoms with Gasteiger partial charge in [-0.2, -0.15) is 0 Å². The molecule has 0 heterocycles. The minimum atomic E-state index is -1.17. The number of aryl methyl sites for hydroxylation is 1. The molecule has 0 spiro atoms. The monoisotopic (exact) mass is 338 g/mol. The maximum absolute atomic E-state index is 13.1. The lowest BCUT2D eigenvalue weighted by atomic mass is 10.1. The molecule has 2 rings (SSSR count). The number of carboxylic acid groups (broad SMARTS) is 1. The van der Waals surface area contributed by atoms with Gasteiger partial charge in [-0.25, -0.2) is 9.18 Å². The lowest BCUT2D eigenvalue weighted by Gasteiger charge is -2.11. The third-order valence-electron chi connectivity index (χ3n) is 2.84. The van der Waals surface area contributed by atoms with E-state index in [1.807, 2.05) is 19.1 Å². The van der Waals surface area contributed by atoms with Crippen molar-refractivity contribution in [2.75, 3.05) is 0 Å². The normalized spacial score (nSPS) is 10.3. The Morgan fingerprint density at radius 3 is 2.75 bits per heavy atom. The van der Waals surface area contributed by atoms with Crippen molar-refractivity contribution < 1.29 is 19.0 Å². The van der Waals surface area contributed by atoms with Gasteiger partial charge in [0.2, 0.25) is 0 Å². The summed E-state index contributed by atoms with van der Waals surface area (Å²) in [5.74, 6) is -1.10. The summed E-state index contributed by atoms with van der Waals surface area (Å²) in [7, 11) is 0. The molecule has 0 amide bonds. The van der Waals surface area contributed by atoms with Crippen LogP contribution in [0.5, 0.6) is 5.75 Å². The molecule has 104 valence electrons. The summed E-state index contributed by atoms with van der Waals surface area (Å²) < 4.78 is 19.6. The van der Waals surface area contributed by atoms with E-state index in [1.165, 1.54) is 12.1 Å². The first-order chi connectivity index (χ1) is 9.47. The Morgan fingerprint density at radius 2 is 2.05 bits per heavy atom. The third-order valence-corrected chi connectivity index (χ3v) is 3.33. The lowest BCUT2D eigenvalue weighted by molar-refractivity contribution is 0.0693. The summed E-state index contributed by atoms with van der Waals surface area (Å²) >= 11 is 3.35. The second kappa shape index (κ2) is 6.05. The van der Waals surface area contributed by atoms with Crippen molar-refractivity contribution in [1.29, 1.82) is 0 Å². The second-order valence-corrected chi connectivity index (χ2v) is 5.22. The first-order valence-corrected chi connectivity index (χ1v) is 6.67. The van der Waals surface area contributed by atoms with Gasteiger partial charge in [0.15, 0.2) is 0 Å². The van der Waals surface area contributed by atoms with E-state index in [4.69, 9.17) is 9.84 Å². The minimum Gasteiger partial charge on any atom is -0.489 e. The molecule has 0 unspecified atom stereocenters. The van der Waals surface area contributed by atoms with E-state index in [2.05, 4.69) is 15.9 Å². The molecule has 0 bridgehead atoms. The molecule has 0 radical (unpaired) electrons. The van der Waals surface area contributed by atoms with Crippen LogP contribution >= 0.6 is 15.9 Å². The van der Waals surface area contributed by atoms with Crippen molar-refractivity contribution in [2.24, 2.45) is 0 Å². The van der Waals surface area contributed by atoms with E-state index in [1.54, 1.807) is 6.07 Å². The van der Waals surface area contributed by atoms with Gasteiger partial charge in [0.05, 0.1) is 5.56 Å². The molecule has 20 heavy (non-hydrogen) atoms. The van der Waals surface area contributed by atoms with E-state index in [9.17, 15) is 9.18 Å². The highest BCUT2D eigenvalue weighted by atomic mass is 79.9. The van der Waals surface area contributed by atoms with E-state index in [0.717, 1.165) is 16.1 Å². The molecule has 3 nitrogen and oxygen atoms in total. The third kappa shape index (κ3) is 3.36. The van der Waals surface area contributed by atoms with Crippen molar-refractivity contribution in [1.82, 2.24) is 0 Å². The highest BCUT2D eigenvalue weighted by Crippen LogP contribution is 2.24. The number of carbonyl (C=O) groups is 1.